The summed E-state index contributed by atoms with van der Waals surface area (Å²) in [4.78, 5) is 14.6. The summed E-state index contributed by atoms with van der Waals surface area (Å²) in [7, 11) is 0. The zero-order chi connectivity index (χ0) is 12.4. The monoisotopic (exact) mass is 253 g/mol. The highest BCUT2D eigenvalue weighted by atomic mass is 32.1. The molecule has 2 heterocycles. The number of hydrogen-bond acceptors (Lipinski definition) is 2. The lowest BCUT2D eigenvalue weighted by Gasteiger charge is -2.04. The molecule has 0 aliphatic carbocycles. The van der Waals surface area contributed by atoms with Gasteiger partial charge in [-0.2, -0.15) is 11.3 Å². The van der Waals surface area contributed by atoms with Crippen molar-refractivity contribution in [3.63, 3.8) is 0 Å². The third-order valence-corrected chi connectivity index (χ3v) is 3.47. The number of aromatic amines is 1. The predicted molar refractivity (Wildman–Crippen MR) is 75.8 cm³/mol. The first-order chi connectivity index (χ1) is 8.83. The van der Waals surface area contributed by atoms with E-state index in [1.54, 1.807) is 17.4 Å². The van der Waals surface area contributed by atoms with E-state index in [0.717, 1.165) is 22.4 Å². The van der Waals surface area contributed by atoms with E-state index in [1.807, 2.05) is 53.2 Å². The van der Waals surface area contributed by atoms with Crippen molar-refractivity contribution in [1.29, 1.82) is 0 Å². The lowest BCUT2D eigenvalue weighted by molar-refractivity contribution is 1.25. The second kappa shape index (κ2) is 4.63. The Morgan fingerprint density at radius 3 is 2.44 bits per heavy atom. The molecule has 2 aromatic heterocycles. The highest BCUT2D eigenvalue weighted by molar-refractivity contribution is 7.08. The molecule has 3 rings (SSSR count). The highest BCUT2D eigenvalue weighted by Crippen LogP contribution is 2.24. The van der Waals surface area contributed by atoms with Gasteiger partial charge in [0.25, 0.3) is 0 Å². The van der Waals surface area contributed by atoms with Gasteiger partial charge in [0.1, 0.15) is 0 Å². The van der Waals surface area contributed by atoms with Gasteiger partial charge in [-0.25, -0.2) is 0 Å². The minimum Gasteiger partial charge on any atom is -0.322 e. The maximum absolute atomic E-state index is 11.7. The normalized spacial score (nSPS) is 10.4. The smallest absolute Gasteiger partial charge is 0.249 e. The zero-order valence-corrected chi connectivity index (χ0v) is 10.4. The maximum Gasteiger partial charge on any atom is 0.249 e. The Labute approximate surface area is 109 Å². The molecule has 0 fully saturated rings. The number of pyridine rings is 1. The molecule has 0 unspecified atom stereocenters. The Morgan fingerprint density at radius 1 is 0.889 bits per heavy atom. The molecular formula is C15H11NOS. The number of benzene rings is 1. The molecule has 0 amide bonds. The van der Waals surface area contributed by atoms with Crippen molar-refractivity contribution in [3.8, 4) is 22.4 Å². The molecule has 2 nitrogen and oxygen atoms in total. The number of nitrogens with one attached hydrogen (secondary N) is 1. The fourth-order valence-corrected chi connectivity index (χ4v) is 2.57. The van der Waals surface area contributed by atoms with Crippen LogP contribution in [-0.2, 0) is 0 Å². The predicted octanol–water partition coefficient (Wildman–Crippen LogP) is 3.77. The average Bonchev–Trinajstić information content (AvgIpc) is 2.93. The van der Waals surface area contributed by atoms with Gasteiger partial charge in [0.05, 0.1) is 0 Å². The molecule has 0 aliphatic rings. The Kier molecular flexibility index (Phi) is 2.82. The van der Waals surface area contributed by atoms with Crippen LogP contribution in [0.4, 0.5) is 0 Å². The third-order valence-electron chi connectivity index (χ3n) is 2.78. The summed E-state index contributed by atoms with van der Waals surface area (Å²) in [5, 5.41) is 4.03. The number of hydrogen-bond donors (Lipinski definition) is 1. The van der Waals surface area contributed by atoms with E-state index in [-0.39, 0.29) is 5.56 Å². The van der Waals surface area contributed by atoms with E-state index in [4.69, 9.17) is 0 Å². The molecule has 0 atom stereocenters. The van der Waals surface area contributed by atoms with Crippen LogP contribution in [0, 0.1) is 0 Å². The van der Waals surface area contributed by atoms with E-state index in [9.17, 15) is 4.79 Å². The molecule has 0 aliphatic heterocycles. The lowest BCUT2D eigenvalue weighted by Crippen LogP contribution is -2.05. The minimum absolute atomic E-state index is 0.0717. The summed E-state index contributed by atoms with van der Waals surface area (Å²) in [5.74, 6) is 0. The van der Waals surface area contributed by atoms with Crippen LogP contribution in [-0.4, -0.2) is 4.98 Å². The SMILES string of the molecule is O=c1cc(-c2ccccc2)cc(-c2ccsc2)[nH]1. The quantitative estimate of drug-likeness (QED) is 0.741. The van der Waals surface area contributed by atoms with E-state index in [0.29, 0.717) is 0 Å². The van der Waals surface area contributed by atoms with Gasteiger partial charge in [0.15, 0.2) is 0 Å². The standard InChI is InChI=1S/C15H11NOS/c17-15-9-13(11-4-2-1-3-5-11)8-14(16-15)12-6-7-18-10-12/h1-10H,(H,16,17). The van der Waals surface area contributed by atoms with Crippen LogP contribution in [0.2, 0.25) is 0 Å². The largest absolute Gasteiger partial charge is 0.322 e. The van der Waals surface area contributed by atoms with E-state index < -0.39 is 0 Å². The molecule has 0 radical (unpaired) electrons. The van der Waals surface area contributed by atoms with Crippen molar-refractivity contribution in [2.45, 2.75) is 0 Å². The summed E-state index contributed by atoms with van der Waals surface area (Å²) in [5.41, 5.74) is 3.84. The molecule has 88 valence electrons. The number of aromatic nitrogens is 1. The van der Waals surface area contributed by atoms with Crippen LogP contribution in [0.3, 0.4) is 0 Å². The molecule has 3 heteroatoms. The molecule has 1 N–H and O–H groups in total. The van der Waals surface area contributed by atoms with Crippen LogP contribution in [0.1, 0.15) is 0 Å². The van der Waals surface area contributed by atoms with Crippen LogP contribution in [0.25, 0.3) is 22.4 Å². The Bertz CT molecular complexity index is 699. The molecule has 18 heavy (non-hydrogen) atoms. The van der Waals surface area contributed by atoms with Gasteiger partial charge in [0.2, 0.25) is 5.56 Å². The summed E-state index contributed by atoms with van der Waals surface area (Å²) in [6.45, 7) is 0. The number of rotatable bonds is 2. The summed E-state index contributed by atoms with van der Waals surface area (Å²) >= 11 is 1.62. The van der Waals surface area contributed by atoms with E-state index >= 15 is 0 Å². The van der Waals surface area contributed by atoms with Gasteiger partial charge < -0.3 is 4.98 Å². The second-order valence-electron chi connectivity index (χ2n) is 4.02. The molecule has 0 saturated carbocycles. The maximum atomic E-state index is 11.7. The van der Waals surface area contributed by atoms with E-state index in [1.165, 1.54) is 0 Å². The van der Waals surface area contributed by atoms with Gasteiger partial charge in [-0.1, -0.05) is 30.3 Å². The van der Waals surface area contributed by atoms with Crippen molar-refractivity contribution in [1.82, 2.24) is 4.98 Å². The van der Waals surface area contributed by atoms with Gasteiger partial charge in [-0.3, -0.25) is 4.79 Å². The lowest BCUT2D eigenvalue weighted by atomic mass is 10.0. The van der Waals surface area contributed by atoms with Crippen LogP contribution < -0.4 is 5.56 Å². The number of thiophene rings is 1. The fraction of sp³-hybridized carbons (Fsp3) is 0. The van der Waals surface area contributed by atoms with Crippen molar-refractivity contribution in [2.75, 3.05) is 0 Å². The van der Waals surface area contributed by atoms with Gasteiger partial charge in [-0.05, 0) is 28.6 Å². The number of H-pyrrole nitrogens is 1. The molecular weight excluding hydrogens is 242 g/mol. The van der Waals surface area contributed by atoms with Crippen LogP contribution in [0.5, 0.6) is 0 Å². The van der Waals surface area contributed by atoms with Gasteiger partial charge in [-0.15, -0.1) is 0 Å². The van der Waals surface area contributed by atoms with Crippen molar-refractivity contribution in [2.24, 2.45) is 0 Å². The Hall–Kier alpha value is -2.13. The van der Waals surface area contributed by atoms with Gasteiger partial charge in [0, 0.05) is 22.7 Å². The molecule has 0 spiro atoms. The van der Waals surface area contributed by atoms with Gasteiger partial charge >= 0.3 is 0 Å². The molecule has 3 aromatic rings. The summed E-state index contributed by atoms with van der Waals surface area (Å²) in [6.07, 6.45) is 0. The topological polar surface area (TPSA) is 32.9 Å². The molecule has 0 saturated heterocycles. The van der Waals surface area contributed by atoms with Crippen LogP contribution >= 0.6 is 11.3 Å². The first kappa shape index (κ1) is 11.0. The fourth-order valence-electron chi connectivity index (χ4n) is 1.91. The first-order valence-corrected chi connectivity index (χ1v) is 6.59. The summed E-state index contributed by atoms with van der Waals surface area (Å²) in [6, 6.07) is 15.6. The Balaban J connectivity index is 2.15. The highest BCUT2D eigenvalue weighted by Gasteiger charge is 2.04. The summed E-state index contributed by atoms with van der Waals surface area (Å²) < 4.78 is 0. The first-order valence-electron chi connectivity index (χ1n) is 5.65. The molecule has 1 aromatic carbocycles. The van der Waals surface area contributed by atoms with Crippen molar-refractivity contribution in [3.05, 3.63) is 69.6 Å². The van der Waals surface area contributed by atoms with Crippen LogP contribution in [0.15, 0.2) is 64.1 Å². The molecule has 0 bridgehead atoms. The van der Waals surface area contributed by atoms with Crippen molar-refractivity contribution < 1.29 is 0 Å². The second-order valence-corrected chi connectivity index (χ2v) is 4.81. The Morgan fingerprint density at radius 2 is 1.72 bits per heavy atom. The van der Waals surface area contributed by atoms with E-state index in [2.05, 4.69) is 4.98 Å². The zero-order valence-electron chi connectivity index (χ0n) is 9.59. The average molecular weight is 253 g/mol. The van der Waals surface area contributed by atoms with Crippen molar-refractivity contribution >= 4 is 11.3 Å². The minimum atomic E-state index is -0.0717. The third kappa shape index (κ3) is 2.13.